The Morgan fingerprint density at radius 2 is 1.77 bits per heavy atom. The number of aromatic nitrogens is 2. The number of rotatable bonds is 8. The summed E-state index contributed by atoms with van der Waals surface area (Å²) in [6.45, 7) is 0. The summed E-state index contributed by atoms with van der Waals surface area (Å²) in [4.78, 5) is 33.9. The number of hydrogen-bond donors (Lipinski definition) is 2. The van der Waals surface area contributed by atoms with Gasteiger partial charge < -0.3 is 15.3 Å². The van der Waals surface area contributed by atoms with Crippen LogP contribution in [0, 0.1) is 0 Å². The molecule has 0 aliphatic heterocycles. The standard InChI is InChI=1S/C22H21ClN4O3S/c1-27(2)20-16(11-19(28)29)12-24-22(26-20)31-13-14-3-9-18(10-4-14)25-21(30)15-5-7-17(23)8-6-15/h3-10,12H,11,13H2,1-2H3,(H,25,30)(H,28,29). The van der Waals surface area contributed by atoms with Crippen LogP contribution in [0.25, 0.3) is 0 Å². The van der Waals surface area contributed by atoms with Crippen LogP contribution in [0.4, 0.5) is 11.5 Å². The summed E-state index contributed by atoms with van der Waals surface area (Å²) in [7, 11) is 3.64. The molecule has 0 fully saturated rings. The third kappa shape index (κ3) is 6.44. The van der Waals surface area contributed by atoms with Crippen LogP contribution in [-0.2, 0) is 17.0 Å². The van der Waals surface area contributed by atoms with Crippen LogP contribution < -0.4 is 10.2 Å². The van der Waals surface area contributed by atoms with Gasteiger partial charge in [-0.2, -0.15) is 0 Å². The summed E-state index contributed by atoms with van der Waals surface area (Å²) in [6, 6.07) is 14.2. The molecule has 31 heavy (non-hydrogen) atoms. The van der Waals surface area contributed by atoms with Gasteiger partial charge in [0.1, 0.15) is 5.82 Å². The highest BCUT2D eigenvalue weighted by Crippen LogP contribution is 2.24. The maximum absolute atomic E-state index is 12.3. The minimum Gasteiger partial charge on any atom is -0.481 e. The molecular weight excluding hydrogens is 436 g/mol. The average Bonchev–Trinajstić information content (AvgIpc) is 2.74. The molecule has 1 aromatic heterocycles. The molecule has 0 saturated carbocycles. The van der Waals surface area contributed by atoms with Crippen molar-refractivity contribution in [2.75, 3.05) is 24.3 Å². The molecule has 2 N–H and O–H groups in total. The number of carboxylic acids is 1. The number of carbonyl (C=O) groups excluding carboxylic acids is 1. The van der Waals surface area contributed by atoms with Crippen LogP contribution in [0.2, 0.25) is 5.02 Å². The van der Waals surface area contributed by atoms with Gasteiger partial charge in [-0.05, 0) is 42.0 Å². The number of anilines is 2. The van der Waals surface area contributed by atoms with Gasteiger partial charge in [-0.3, -0.25) is 9.59 Å². The zero-order valence-corrected chi connectivity index (χ0v) is 18.6. The lowest BCUT2D eigenvalue weighted by Gasteiger charge is -2.15. The van der Waals surface area contributed by atoms with Crippen molar-refractivity contribution < 1.29 is 14.7 Å². The first-order valence-corrected chi connectivity index (χ1v) is 10.7. The zero-order chi connectivity index (χ0) is 22.4. The average molecular weight is 457 g/mol. The van der Waals surface area contributed by atoms with E-state index < -0.39 is 5.97 Å². The molecule has 0 bridgehead atoms. The van der Waals surface area contributed by atoms with Gasteiger partial charge in [-0.15, -0.1) is 0 Å². The van der Waals surface area contributed by atoms with Crippen LogP contribution in [0.1, 0.15) is 21.5 Å². The molecule has 0 aliphatic rings. The van der Waals surface area contributed by atoms with Crippen molar-refractivity contribution in [3.63, 3.8) is 0 Å². The van der Waals surface area contributed by atoms with Crippen molar-refractivity contribution in [2.24, 2.45) is 0 Å². The van der Waals surface area contributed by atoms with E-state index in [1.54, 1.807) is 35.4 Å². The first-order chi connectivity index (χ1) is 14.8. The Bertz CT molecular complexity index is 1070. The van der Waals surface area contributed by atoms with E-state index in [1.807, 2.05) is 38.4 Å². The lowest BCUT2D eigenvalue weighted by atomic mass is 10.2. The number of nitrogens with one attached hydrogen (secondary N) is 1. The SMILES string of the molecule is CN(C)c1nc(SCc2ccc(NC(=O)c3ccc(Cl)cc3)cc2)ncc1CC(=O)O. The number of amides is 1. The highest BCUT2D eigenvalue weighted by atomic mass is 35.5. The van der Waals surface area contributed by atoms with Crippen LogP contribution in [0.15, 0.2) is 59.9 Å². The van der Waals surface area contributed by atoms with Gasteiger partial charge in [0.25, 0.3) is 5.91 Å². The summed E-state index contributed by atoms with van der Waals surface area (Å²) >= 11 is 7.31. The Balaban J connectivity index is 1.61. The van der Waals surface area contributed by atoms with Gasteiger partial charge >= 0.3 is 5.97 Å². The van der Waals surface area contributed by atoms with E-state index in [9.17, 15) is 9.59 Å². The van der Waals surface area contributed by atoms with Crippen molar-refractivity contribution in [1.29, 1.82) is 0 Å². The molecule has 7 nitrogen and oxygen atoms in total. The topological polar surface area (TPSA) is 95.4 Å². The van der Waals surface area contributed by atoms with E-state index in [2.05, 4.69) is 15.3 Å². The number of aliphatic carboxylic acids is 1. The van der Waals surface area contributed by atoms with Crippen molar-refractivity contribution in [2.45, 2.75) is 17.3 Å². The third-order valence-electron chi connectivity index (χ3n) is 4.27. The lowest BCUT2D eigenvalue weighted by Crippen LogP contribution is -2.16. The molecule has 2 aromatic carbocycles. The minimum atomic E-state index is -0.921. The predicted molar refractivity (Wildman–Crippen MR) is 123 cm³/mol. The van der Waals surface area contributed by atoms with Gasteiger partial charge in [0.15, 0.2) is 5.16 Å². The molecule has 9 heteroatoms. The number of halogens is 1. The van der Waals surface area contributed by atoms with Crippen LogP contribution >= 0.6 is 23.4 Å². The fraction of sp³-hybridized carbons (Fsp3) is 0.182. The molecule has 0 saturated heterocycles. The van der Waals surface area contributed by atoms with Crippen molar-refractivity contribution in [1.82, 2.24) is 9.97 Å². The van der Waals surface area contributed by atoms with Gasteiger partial charge in [0.2, 0.25) is 0 Å². The van der Waals surface area contributed by atoms with E-state index in [-0.39, 0.29) is 12.3 Å². The van der Waals surface area contributed by atoms with Crippen molar-refractivity contribution in [3.8, 4) is 0 Å². The molecule has 3 aromatic rings. The predicted octanol–water partition coefficient (Wildman–Crippen LogP) is 4.37. The summed E-state index contributed by atoms with van der Waals surface area (Å²) < 4.78 is 0. The fourth-order valence-corrected chi connectivity index (χ4v) is 3.66. The summed E-state index contributed by atoms with van der Waals surface area (Å²) in [5, 5.41) is 13.0. The molecule has 1 amide bonds. The fourth-order valence-electron chi connectivity index (χ4n) is 2.76. The number of benzene rings is 2. The first-order valence-electron chi connectivity index (χ1n) is 9.35. The number of carboxylic acid groups (broad SMARTS) is 1. The highest BCUT2D eigenvalue weighted by molar-refractivity contribution is 7.98. The van der Waals surface area contributed by atoms with E-state index in [4.69, 9.17) is 16.7 Å². The minimum absolute atomic E-state index is 0.123. The molecule has 3 rings (SSSR count). The monoisotopic (exact) mass is 456 g/mol. The lowest BCUT2D eigenvalue weighted by molar-refractivity contribution is -0.136. The molecule has 0 aliphatic carbocycles. The Hall–Kier alpha value is -3.10. The molecular formula is C22H21ClN4O3S. The molecule has 0 radical (unpaired) electrons. The van der Waals surface area contributed by atoms with Crippen LogP contribution in [0.3, 0.4) is 0 Å². The quantitative estimate of drug-likeness (QED) is 0.384. The Kier molecular flexibility index (Phi) is 7.49. The molecule has 0 unspecified atom stereocenters. The first kappa shape index (κ1) is 22.6. The molecule has 1 heterocycles. The van der Waals surface area contributed by atoms with Gasteiger partial charge in [0.05, 0.1) is 6.42 Å². The van der Waals surface area contributed by atoms with Gasteiger partial charge in [0, 0.05) is 47.9 Å². The second-order valence-corrected chi connectivity index (χ2v) is 8.29. The van der Waals surface area contributed by atoms with Gasteiger partial charge in [-0.25, -0.2) is 9.97 Å². The summed E-state index contributed by atoms with van der Waals surface area (Å²) in [6.07, 6.45) is 1.44. The molecule has 0 atom stereocenters. The van der Waals surface area contributed by atoms with E-state index in [0.29, 0.717) is 38.6 Å². The maximum atomic E-state index is 12.3. The largest absolute Gasteiger partial charge is 0.481 e. The summed E-state index contributed by atoms with van der Waals surface area (Å²) in [5.74, 6) is 0.108. The second-order valence-electron chi connectivity index (χ2n) is 6.91. The van der Waals surface area contributed by atoms with Crippen molar-refractivity contribution in [3.05, 3.63) is 76.4 Å². The Labute approximate surface area is 189 Å². The Morgan fingerprint density at radius 3 is 2.39 bits per heavy atom. The number of nitrogens with zero attached hydrogens (tertiary/aromatic N) is 3. The van der Waals surface area contributed by atoms with Crippen LogP contribution in [-0.4, -0.2) is 41.0 Å². The van der Waals surface area contributed by atoms with E-state index >= 15 is 0 Å². The number of carbonyl (C=O) groups is 2. The second kappa shape index (κ2) is 10.3. The van der Waals surface area contributed by atoms with Crippen molar-refractivity contribution >= 4 is 46.7 Å². The zero-order valence-electron chi connectivity index (χ0n) is 17.0. The smallest absolute Gasteiger partial charge is 0.308 e. The molecule has 0 spiro atoms. The van der Waals surface area contributed by atoms with E-state index in [0.717, 1.165) is 5.56 Å². The van der Waals surface area contributed by atoms with Gasteiger partial charge in [-0.1, -0.05) is 35.5 Å². The highest BCUT2D eigenvalue weighted by Gasteiger charge is 2.13. The normalized spacial score (nSPS) is 10.5. The maximum Gasteiger partial charge on any atom is 0.308 e. The Morgan fingerprint density at radius 1 is 1.10 bits per heavy atom. The number of thioether (sulfide) groups is 1. The molecule has 160 valence electrons. The number of hydrogen-bond acceptors (Lipinski definition) is 6. The third-order valence-corrected chi connectivity index (χ3v) is 5.46. The summed E-state index contributed by atoms with van der Waals surface area (Å²) in [5.41, 5.74) is 2.84. The van der Waals surface area contributed by atoms with Crippen LogP contribution in [0.5, 0.6) is 0 Å². The van der Waals surface area contributed by atoms with E-state index in [1.165, 1.54) is 11.8 Å².